The maximum Gasteiger partial charge on any atom is 0.343 e. The van der Waals surface area contributed by atoms with E-state index in [9.17, 15) is 14.4 Å². The highest BCUT2D eigenvalue weighted by Gasteiger charge is 2.16. The van der Waals surface area contributed by atoms with E-state index in [2.05, 4.69) is 0 Å². The molecule has 0 amide bonds. The Morgan fingerprint density at radius 3 is 1.84 bits per heavy atom. The Morgan fingerprint density at radius 2 is 1.26 bits per heavy atom. The lowest BCUT2D eigenvalue weighted by Crippen LogP contribution is -2.11. The molecule has 38 heavy (non-hydrogen) atoms. The first kappa shape index (κ1) is 24.3. The van der Waals surface area contributed by atoms with E-state index in [0.29, 0.717) is 50.7 Å². The molecule has 0 aliphatic heterocycles. The fourth-order valence-corrected chi connectivity index (χ4v) is 3.94. The van der Waals surface area contributed by atoms with Crippen molar-refractivity contribution in [2.45, 2.75) is 6.92 Å². The molecule has 0 spiro atoms. The first-order chi connectivity index (χ1) is 18.3. The lowest BCUT2D eigenvalue weighted by atomic mass is 10.1. The summed E-state index contributed by atoms with van der Waals surface area (Å²) in [5, 5.41) is 0.275. The zero-order valence-corrected chi connectivity index (χ0v) is 20.3. The second-order valence-corrected chi connectivity index (χ2v) is 8.60. The topological polar surface area (TPSA) is 135 Å². The van der Waals surface area contributed by atoms with Crippen LogP contribution in [0.4, 0.5) is 11.4 Å². The van der Waals surface area contributed by atoms with Gasteiger partial charge >= 0.3 is 11.9 Å². The lowest BCUT2D eigenvalue weighted by molar-refractivity contribution is 0.0725. The van der Waals surface area contributed by atoms with Crippen LogP contribution in [0.2, 0.25) is 0 Å². The number of ether oxygens (including phenoxy) is 2. The number of hydrogen-bond donors (Lipinski definition) is 2. The van der Waals surface area contributed by atoms with E-state index < -0.39 is 11.9 Å². The Hall–Kier alpha value is -5.37. The molecular formula is C30H22N2O6. The average molecular weight is 507 g/mol. The molecule has 1 heterocycles. The highest BCUT2D eigenvalue weighted by Crippen LogP contribution is 2.29. The van der Waals surface area contributed by atoms with Crippen LogP contribution >= 0.6 is 0 Å². The van der Waals surface area contributed by atoms with E-state index >= 15 is 0 Å². The first-order valence-electron chi connectivity index (χ1n) is 11.6. The Balaban J connectivity index is 1.38. The zero-order chi connectivity index (χ0) is 26.8. The number of fused-ring (bicyclic) bond motifs is 1. The van der Waals surface area contributed by atoms with Crippen molar-refractivity contribution in [2.75, 3.05) is 11.5 Å². The number of nitrogens with two attached hydrogens (primary N) is 2. The summed E-state index contributed by atoms with van der Waals surface area (Å²) in [7, 11) is 0. The molecule has 0 saturated heterocycles. The summed E-state index contributed by atoms with van der Waals surface area (Å²) in [5.74, 6) is -0.221. The molecule has 188 valence electrons. The molecule has 0 radical (unpaired) electrons. The predicted octanol–water partition coefficient (Wildman–Crippen LogP) is 5.37. The molecule has 4 aromatic carbocycles. The molecule has 5 aromatic rings. The Bertz CT molecular complexity index is 1760. The molecule has 0 atom stereocenters. The number of benzene rings is 4. The monoisotopic (exact) mass is 506 g/mol. The molecule has 8 heteroatoms. The van der Waals surface area contributed by atoms with E-state index in [1.165, 1.54) is 18.2 Å². The number of rotatable bonds is 5. The number of nitrogen functional groups attached to an aromatic ring is 2. The molecular weight excluding hydrogens is 484 g/mol. The van der Waals surface area contributed by atoms with Gasteiger partial charge < -0.3 is 25.4 Å². The van der Waals surface area contributed by atoms with Gasteiger partial charge in [-0.2, -0.15) is 0 Å². The van der Waals surface area contributed by atoms with Crippen LogP contribution < -0.4 is 26.4 Å². The Kier molecular flexibility index (Phi) is 6.37. The Morgan fingerprint density at radius 1 is 0.711 bits per heavy atom. The molecule has 8 nitrogen and oxygen atoms in total. The van der Waals surface area contributed by atoms with Crippen molar-refractivity contribution in [1.29, 1.82) is 0 Å². The number of anilines is 2. The molecule has 0 aliphatic rings. The standard InChI is InChI=1S/C30H22N2O6/c1-17-27(33)25-16-24(37-30(35)20-5-3-7-22(32)15-20)12-13-26(25)38-28(17)18-8-10-23(11-9-18)36-29(34)19-4-2-6-21(31)14-19/h2-16H,31-32H2,1H3. The van der Waals surface area contributed by atoms with E-state index in [4.69, 9.17) is 25.4 Å². The van der Waals surface area contributed by atoms with Crippen molar-refractivity contribution in [3.05, 3.63) is 118 Å². The third-order valence-corrected chi connectivity index (χ3v) is 5.87. The van der Waals surface area contributed by atoms with Gasteiger partial charge in [-0.15, -0.1) is 0 Å². The summed E-state index contributed by atoms with van der Waals surface area (Å²) >= 11 is 0. The van der Waals surface area contributed by atoms with Gasteiger partial charge in [0.2, 0.25) is 0 Å². The van der Waals surface area contributed by atoms with Crippen molar-refractivity contribution in [2.24, 2.45) is 0 Å². The highest BCUT2D eigenvalue weighted by molar-refractivity contribution is 5.93. The molecule has 0 unspecified atom stereocenters. The van der Waals surface area contributed by atoms with Crippen LogP contribution in [-0.4, -0.2) is 11.9 Å². The van der Waals surface area contributed by atoms with Crippen molar-refractivity contribution in [1.82, 2.24) is 0 Å². The van der Waals surface area contributed by atoms with Crippen molar-refractivity contribution in [3.8, 4) is 22.8 Å². The van der Waals surface area contributed by atoms with Gasteiger partial charge in [0.25, 0.3) is 0 Å². The first-order valence-corrected chi connectivity index (χ1v) is 11.6. The normalized spacial score (nSPS) is 10.8. The van der Waals surface area contributed by atoms with Crippen LogP contribution in [0.15, 0.2) is 100 Å². The number of carbonyl (C=O) groups excluding carboxylic acids is 2. The van der Waals surface area contributed by atoms with Gasteiger partial charge in [0.1, 0.15) is 22.8 Å². The molecule has 0 aliphatic carbocycles. The number of esters is 2. The maximum atomic E-state index is 13.2. The third kappa shape index (κ3) is 4.96. The summed E-state index contributed by atoms with van der Waals surface area (Å²) in [6.45, 7) is 1.65. The van der Waals surface area contributed by atoms with Gasteiger partial charge in [-0.25, -0.2) is 9.59 Å². The van der Waals surface area contributed by atoms with Crippen molar-refractivity contribution >= 4 is 34.3 Å². The minimum atomic E-state index is -0.592. The maximum absolute atomic E-state index is 13.2. The van der Waals surface area contributed by atoms with Crippen molar-refractivity contribution in [3.63, 3.8) is 0 Å². The summed E-state index contributed by atoms with van der Waals surface area (Å²) in [5.41, 5.74) is 14.1. The fraction of sp³-hybridized carbons (Fsp3) is 0.0333. The van der Waals surface area contributed by atoms with E-state index in [1.807, 2.05) is 0 Å². The van der Waals surface area contributed by atoms with E-state index in [0.717, 1.165) is 0 Å². The lowest BCUT2D eigenvalue weighted by Gasteiger charge is -2.10. The number of carbonyl (C=O) groups is 2. The molecule has 1 aromatic heterocycles. The van der Waals surface area contributed by atoms with Crippen molar-refractivity contribution < 1.29 is 23.5 Å². The van der Waals surface area contributed by atoms with Crippen LogP contribution in [0.25, 0.3) is 22.3 Å². The fourth-order valence-electron chi connectivity index (χ4n) is 3.94. The third-order valence-electron chi connectivity index (χ3n) is 5.87. The van der Waals surface area contributed by atoms with Gasteiger partial charge in [-0.05, 0) is 85.8 Å². The van der Waals surface area contributed by atoms with E-state index in [1.54, 1.807) is 79.7 Å². The largest absolute Gasteiger partial charge is 0.456 e. The van der Waals surface area contributed by atoms with Crippen LogP contribution in [0.5, 0.6) is 11.5 Å². The van der Waals surface area contributed by atoms with E-state index in [-0.39, 0.29) is 16.6 Å². The van der Waals surface area contributed by atoms with Gasteiger partial charge in [-0.1, -0.05) is 12.1 Å². The number of hydrogen-bond acceptors (Lipinski definition) is 8. The van der Waals surface area contributed by atoms with Gasteiger partial charge in [0, 0.05) is 22.5 Å². The smallest absolute Gasteiger partial charge is 0.343 e. The second kappa shape index (κ2) is 9.94. The van der Waals surface area contributed by atoms with Crippen LogP contribution in [0, 0.1) is 6.92 Å². The van der Waals surface area contributed by atoms with Gasteiger partial charge in [0.15, 0.2) is 5.43 Å². The second-order valence-electron chi connectivity index (χ2n) is 8.60. The molecule has 0 bridgehead atoms. The predicted molar refractivity (Wildman–Crippen MR) is 144 cm³/mol. The van der Waals surface area contributed by atoms with Crippen LogP contribution in [-0.2, 0) is 0 Å². The van der Waals surface area contributed by atoms with Crippen LogP contribution in [0.1, 0.15) is 26.3 Å². The summed E-state index contributed by atoms with van der Waals surface area (Å²) in [6, 6.07) is 24.1. The minimum absolute atomic E-state index is 0.204. The average Bonchev–Trinajstić information content (AvgIpc) is 2.91. The van der Waals surface area contributed by atoms with Crippen LogP contribution in [0.3, 0.4) is 0 Å². The molecule has 0 fully saturated rings. The minimum Gasteiger partial charge on any atom is -0.456 e. The summed E-state index contributed by atoms with van der Waals surface area (Å²) in [6.07, 6.45) is 0. The zero-order valence-electron chi connectivity index (χ0n) is 20.3. The molecule has 5 rings (SSSR count). The summed E-state index contributed by atoms with van der Waals surface area (Å²) in [4.78, 5) is 38.0. The van der Waals surface area contributed by atoms with Gasteiger partial charge in [0.05, 0.1) is 16.5 Å². The molecule has 0 saturated carbocycles. The van der Waals surface area contributed by atoms with Gasteiger partial charge in [-0.3, -0.25) is 4.79 Å². The molecule has 4 N–H and O–H groups in total. The Labute approximate surface area is 217 Å². The highest BCUT2D eigenvalue weighted by atomic mass is 16.5. The summed E-state index contributed by atoms with van der Waals surface area (Å²) < 4.78 is 16.9. The quantitative estimate of drug-likeness (QED) is 0.184. The SMILES string of the molecule is Cc1c(-c2ccc(OC(=O)c3cccc(N)c3)cc2)oc2ccc(OC(=O)c3cccc(N)c3)cc2c1=O.